The topological polar surface area (TPSA) is 92.7 Å². The van der Waals surface area contributed by atoms with Crippen molar-refractivity contribution in [3.63, 3.8) is 0 Å². The molecule has 0 fully saturated rings. The number of amides is 1. The van der Waals surface area contributed by atoms with E-state index in [9.17, 15) is 9.59 Å². The number of halogens is 1. The zero-order chi connectivity index (χ0) is 18.8. The number of ether oxygens (including phenoxy) is 1. The van der Waals surface area contributed by atoms with Crippen LogP contribution in [-0.2, 0) is 9.53 Å². The van der Waals surface area contributed by atoms with Crippen molar-refractivity contribution in [3.8, 4) is 0 Å². The maximum Gasteiger partial charge on any atom is 0.407 e. The Morgan fingerprint density at radius 3 is 3.08 bits per heavy atom. The molecule has 1 aromatic carbocycles. The van der Waals surface area contributed by atoms with Gasteiger partial charge in [-0.3, -0.25) is 4.98 Å². The van der Waals surface area contributed by atoms with Gasteiger partial charge in [-0.05, 0) is 44.0 Å². The fourth-order valence-electron chi connectivity index (χ4n) is 2.46. The van der Waals surface area contributed by atoms with Crippen LogP contribution in [0.4, 0.5) is 10.5 Å². The van der Waals surface area contributed by atoms with Gasteiger partial charge in [0, 0.05) is 34.9 Å². The van der Waals surface area contributed by atoms with Crippen molar-refractivity contribution in [1.29, 1.82) is 0 Å². The number of aliphatic imine (C=N–C) groups is 1. The summed E-state index contributed by atoms with van der Waals surface area (Å²) in [7, 11) is 0. The lowest BCUT2D eigenvalue weighted by atomic mass is 10.1. The van der Waals surface area contributed by atoms with Gasteiger partial charge in [0.25, 0.3) is 0 Å². The Bertz CT molecular complexity index is 793. The highest BCUT2D eigenvalue weighted by Crippen LogP contribution is 2.25. The molecule has 0 bridgehead atoms. The Morgan fingerprint density at radius 2 is 2.27 bits per heavy atom. The van der Waals surface area contributed by atoms with Crippen LogP contribution < -0.4 is 10.6 Å². The standard InChI is InChI=1S/C18H21ClN4O3/c1-13(3-2-7-22-18(25)26-10-9-20-12-24)23-16-6-8-21-17-11-14(19)4-5-15(16)17/h4-6,8,11,13H,2-3,7,9-10H2,1H3,(H,21,23)(H,22,25). The van der Waals surface area contributed by atoms with Crippen LogP contribution in [-0.4, -0.2) is 42.9 Å². The first-order valence-electron chi connectivity index (χ1n) is 8.35. The van der Waals surface area contributed by atoms with E-state index in [1.165, 1.54) is 6.08 Å². The normalized spacial score (nSPS) is 11.5. The van der Waals surface area contributed by atoms with Gasteiger partial charge in [0.2, 0.25) is 6.08 Å². The Labute approximate surface area is 156 Å². The summed E-state index contributed by atoms with van der Waals surface area (Å²) in [6.45, 7) is 2.79. The Balaban J connectivity index is 1.73. The molecule has 0 aliphatic carbocycles. The van der Waals surface area contributed by atoms with Crippen LogP contribution >= 0.6 is 11.6 Å². The van der Waals surface area contributed by atoms with E-state index < -0.39 is 6.09 Å². The average molecular weight is 377 g/mol. The number of aromatic nitrogens is 1. The first-order valence-corrected chi connectivity index (χ1v) is 8.73. The third-order valence-electron chi connectivity index (χ3n) is 3.69. The van der Waals surface area contributed by atoms with Gasteiger partial charge in [-0.1, -0.05) is 11.6 Å². The lowest BCUT2D eigenvalue weighted by Crippen LogP contribution is -2.27. The van der Waals surface area contributed by atoms with Crippen LogP contribution in [0.3, 0.4) is 0 Å². The lowest BCUT2D eigenvalue weighted by molar-refractivity contribution is 0.149. The molecule has 26 heavy (non-hydrogen) atoms. The minimum absolute atomic E-state index is 0.0676. The fraction of sp³-hybridized carbons (Fsp3) is 0.389. The molecule has 0 saturated heterocycles. The van der Waals surface area contributed by atoms with Crippen LogP contribution in [0, 0.1) is 0 Å². The number of carbonyl (C=O) groups excluding carboxylic acids is 2. The molecule has 138 valence electrons. The summed E-state index contributed by atoms with van der Waals surface area (Å²) in [5.74, 6) is 0. The van der Waals surface area contributed by atoms with Crippen molar-refractivity contribution < 1.29 is 14.3 Å². The highest BCUT2D eigenvalue weighted by Gasteiger charge is 2.07. The van der Waals surface area contributed by atoms with Crippen molar-refractivity contribution >= 4 is 40.4 Å². The van der Waals surface area contributed by atoms with E-state index in [0.29, 0.717) is 11.6 Å². The number of carbonyl (C=O) groups is 1. The Morgan fingerprint density at radius 1 is 1.42 bits per heavy atom. The number of pyridine rings is 1. The molecule has 2 N–H and O–H groups in total. The molecule has 1 heterocycles. The molecule has 7 nitrogen and oxygen atoms in total. The van der Waals surface area contributed by atoms with E-state index in [4.69, 9.17) is 16.3 Å². The summed E-state index contributed by atoms with van der Waals surface area (Å²) in [4.78, 5) is 28.9. The van der Waals surface area contributed by atoms with Gasteiger partial charge in [-0.25, -0.2) is 14.6 Å². The maximum atomic E-state index is 11.4. The molecule has 2 rings (SSSR count). The van der Waals surface area contributed by atoms with E-state index in [2.05, 4.69) is 27.5 Å². The van der Waals surface area contributed by atoms with Crippen LogP contribution in [0.2, 0.25) is 5.02 Å². The van der Waals surface area contributed by atoms with Gasteiger partial charge < -0.3 is 15.4 Å². The van der Waals surface area contributed by atoms with E-state index in [1.807, 2.05) is 24.3 Å². The number of nitrogens with one attached hydrogen (secondary N) is 2. The van der Waals surface area contributed by atoms with E-state index in [-0.39, 0.29) is 19.2 Å². The number of hydrogen-bond donors (Lipinski definition) is 2. The van der Waals surface area contributed by atoms with Crippen LogP contribution in [0.25, 0.3) is 10.9 Å². The third kappa shape index (κ3) is 6.35. The fourth-order valence-corrected chi connectivity index (χ4v) is 2.63. The predicted octanol–water partition coefficient (Wildman–Crippen LogP) is 3.53. The van der Waals surface area contributed by atoms with Gasteiger partial charge in [0.1, 0.15) is 6.61 Å². The Kier molecular flexibility index (Phi) is 7.86. The number of anilines is 1. The predicted molar refractivity (Wildman–Crippen MR) is 101 cm³/mol. The SMILES string of the molecule is CC(CCCNC(=O)OCCN=C=O)Nc1ccnc2cc(Cl)ccc12. The highest BCUT2D eigenvalue weighted by molar-refractivity contribution is 6.31. The number of alkyl carbamates (subject to hydrolysis) is 1. The number of nitrogens with zero attached hydrogens (tertiary/aromatic N) is 2. The molecule has 1 atom stereocenters. The smallest absolute Gasteiger partial charge is 0.407 e. The molecule has 1 unspecified atom stereocenters. The number of rotatable bonds is 9. The van der Waals surface area contributed by atoms with Gasteiger partial charge in [-0.2, -0.15) is 0 Å². The van der Waals surface area contributed by atoms with Crippen molar-refractivity contribution in [1.82, 2.24) is 10.3 Å². The zero-order valence-corrected chi connectivity index (χ0v) is 15.3. The number of fused-ring (bicyclic) bond motifs is 1. The van der Waals surface area contributed by atoms with E-state index >= 15 is 0 Å². The van der Waals surface area contributed by atoms with Crippen molar-refractivity contribution in [3.05, 3.63) is 35.5 Å². The molecule has 0 radical (unpaired) electrons. The highest BCUT2D eigenvalue weighted by atomic mass is 35.5. The molecule has 0 aliphatic heterocycles. The van der Waals surface area contributed by atoms with Crippen molar-refractivity contribution in [2.24, 2.45) is 4.99 Å². The first kappa shape index (κ1) is 19.7. The molecule has 8 heteroatoms. The summed E-state index contributed by atoms with van der Waals surface area (Å²) in [5, 5.41) is 7.80. The molecule has 1 aromatic heterocycles. The van der Waals surface area contributed by atoms with Crippen molar-refractivity contribution in [2.75, 3.05) is 25.0 Å². The summed E-state index contributed by atoms with van der Waals surface area (Å²) >= 11 is 6.01. The summed E-state index contributed by atoms with van der Waals surface area (Å²) in [6, 6.07) is 7.78. The van der Waals surface area contributed by atoms with E-state index in [0.717, 1.165) is 29.4 Å². The Hall–Kier alpha value is -2.63. The maximum absolute atomic E-state index is 11.4. The monoisotopic (exact) mass is 376 g/mol. The molecular weight excluding hydrogens is 356 g/mol. The molecular formula is C18H21ClN4O3. The van der Waals surface area contributed by atoms with Gasteiger partial charge in [0.05, 0.1) is 12.1 Å². The number of benzene rings is 1. The average Bonchev–Trinajstić information content (AvgIpc) is 2.62. The molecule has 0 spiro atoms. The quantitative estimate of drug-likeness (QED) is 0.396. The zero-order valence-electron chi connectivity index (χ0n) is 14.5. The van der Waals surface area contributed by atoms with Gasteiger partial charge in [0.15, 0.2) is 0 Å². The summed E-state index contributed by atoms with van der Waals surface area (Å²) in [6.07, 6.45) is 4.29. The molecule has 0 aliphatic rings. The number of hydrogen-bond acceptors (Lipinski definition) is 6. The second kappa shape index (κ2) is 10.4. The second-order valence-electron chi connectivity index (χ2n) is 5.74. The van der Waals surface area contributed by atoms with Gasteiger partial charge >= 0.3 is 6.09 Å². The van der Waals surface area contributed by atoms with Crippen LogP contribution in [0.1, 0.15) is 19.8 Å². The van der Waals surface area contributed by atoms with Crippen LogP contribution in [0.15, 0.2) is 35.5 Å². The largest absolute Gasteiger partial charge is 0.448 e. The van der Waals surface area contributed by atoms with Gasteiger partial charge in [-0.15, -0.1) is 0 Å². The van der Waals surface area contributed by atoms with Crippen molar-refractivity contribution in [2.45, 2.75) is 25.8 Å². The lowest BCUT2D eigenvalue weighted by Gasteiger charge is -2.17. The third-order valence-corrected chi connectivity index (χ3v) is 3.93. The minimum atomic E-state index is -0.510. The van der Waals surface area contributed by atoms with E-state index in [1.54, 1.807) is 6.20 Å². The summed E-state index contributed by atoms with van der Waals surface area (Å²) in [5.41, 5.74) is 1.85. The molecule has 0 saturated carbocycles. The molecule has 2 aromatic rings. The van der Waals surface area contributed by atoms with Crippen LogP contribution in [0.5, 0.6) is 0 Å². The number of isocyanates is 1. The second-order valence-corrected chi connectivity index (χ2v) is 6.18. The molecule has 1 amide bonds. The summed E-state index contributed by atoms with van der Waals surface area (Å²) < 4.78 is 4.85. The minimum Gasteiger partial charge on any atom is -0.448 e. The first-order chi connectivity index (χ1) is 12.6.